The summed E-state index contributed by atoms with van der Waals surface area (Å²) in [4.78, 5) is 2.34. The minimum Gasteiger partial charge on any atom is -0.359 e. The van der Waals surface area contributed by atoms with Gasteiger partial charge in [-0.25, -0.2) is 0 Å². The molecule has 0 aromatic carbocycles. The van der Waals surface area contributed by atoms with Crippen molar-refractivity contribution >= 4 is 24.2 Å². The van der Waals surface area contributed by atoms with Crippen molar-refractivity contribution in [3.05, 3.63) is 0 Å². The van der Waals surface area contributed by atoms with E-state index in [1.807, 2.05) is 0 Å². The lowest BCUT2D eigenvalue weighted by atomic mass is 9.76. The Balaban J connectivity index is 0.00000120. The van der Waals surface area contributed by atoms with Crippen LogP contribution in [0.1, 0.15) is 25.2 Å². The summed E-state index contributed by atoms with van der Waals surface area (Å²) in [5, 5.41) is 0. The van der Waals surface area contributed by atoms with Crippen LogP contribution < -0.4 is 0 Å². The van der Waals surface area contributed by atoms with Gasteiger partial charge < -0.3 is 9.64 Å². The molecule has 0 aromatic rings. The van der Waals surface area contributed by atoms with Gasteiger partial charge in [0.2, 0.25) is 0 Å². The zero-order valence-electron chi connectivity index (χ0n) is 12.0. The van der Waals surface area contributed by atoms with Gasteiger partial charge in [0.15, 0.2) is 0 Å². The topological polar surface area (TPSA) is 12.5 Å². The van der Waals surface area contributed by atoms with E-state index in [1.54, 1.807) is 0 Å². The summed E-state index contributed by atoms with van der Waals surface area (Å²) in [6.45, 7) is 0.632. The third-order valence-corrected chi connectivity index (χ3v) is 4.54. The van der Waals surface area contributed by atoms with E-state index < -0.39 is 12.3 Å². The Morgan fingerprint density at radius 1 is 1.57 bits per heavy atom. The minimum atomic E-state index is -2.37. The molecule has 4 saturated heterocycles. The van der Waals surface area contributed by atoms with E-state index in [-0.39, 0.29) is 18.0 Å². The molecule has 14 heavy (non-hydrogen) atoms. The van der Waals surface area contributed by atoms with E-state index in [4.69, 9.17) is 10.2 Å². The normalized spacial score (nSPS) is 61.1. The van der Waals surface area contributed by atoms with Crippen molar-refractivity contribution in [1.29, 1.82) is 0 Å². The number of nitrogens with zero attached hydrogens (tertiary/aromatic N) is 1. The van der Waals surface area contributed by atoms with Crippen LogP contribution >= 0.6 is 24.2 Å². The fraction of sp³-hybridized carbons (Fsp3) is 1.00. The van der Waals surface area contributed by atoms with Crippen molar-refractivity contribution in [3.63, 3.8) is 0 Å². The van der Waals surface area contributed by atoms with E-state index in [0.717, 1.165) is 44.2 Å². The zero-order valence-corrected chi connectivity index (χ0v) is 9.62. The smallest absolute Gasteiger partial charge is 0.101 e. The molecule has 4 aliphatic heterocycles. The highest BCUT2D eigenvalue weighted by Gasteiger charge is 2.51. The molecule has 82 valence electrons. The van der Waals surface area contributed by atoms with Gasteiger partial charge in [0.1, 0.15) is 5.41 Å². The molecular formula is C10H18ClNOS. The summed E-state index contributed by atoms with van der Waals surface area (Å²) in [5.74, 6) is 1.09. The Morgan fingerprint density at radius 3 is 2.86 bits per heavy atom. The number of ether oxygens (including phenoxy) is 1. The highest BCUT2D eigenvalue weighted by atomic mass is 35.5. The molecule has 0 aliphatic carbocycles. The van der Waals surface area contributed by atoms with Gasteiger partial charge in [-0.1, -0.05) is 0 Å². The van der Waals surface area contributed by atoms with Crippen LogP contribution in [0.3, 0.4) is 0 Å². The average Bonchev–Trinajstić information content (AvgIpc) is 2.58. The lowest BCUT2D eigenvalue weighted by molar-refractivity contribution is -0.133. The maximum absolute atomic E-state index is 8.03. The van der Waals surface area contributed by atoms with Crippen LogP contribution in [0.5, 0.6) is 0 Å². The Labute approximate surface area is 102 Å². The number of hydrogen-bond donors (Lipinski definition) is 0. The first-order chi connectivity index (χ1) is 7.85. The lowest BCUT2D eigenvalue weighted by Gasteiger charge is -2.50. The van der Waals surface area contributed by atoms with Crippen LogP contribution in [0.25, 0.3) is 0 Å². The van der Waals surface area contributed by atoms with Crippen molar-refractivity contribution in [2.75, 3.05) is 25.4 Å². The van der Waals surface area contributed by atoms with Crippen LogP contribution in [0, 0.1) is 5.92 Å². The average molecular weight is 240 g/mol. The second-order valence-corrected chi connectivity index (χ2v) is 5.24. The second-order valence-electron chi connectivity index (χ2n) is 4.29. The van der Waals surface area contributed by atoms with E-state index in [1.165, 1.54) is 0 Å². The van der Waals surface area contributed by atoms with E-state index >= 15 is 0 Å². The zero-order chi connectivity index (χ0) is 12.3. The summed E-state index contributed by atoms with van der Waals surface area (Å²) >= 11 is 1.15. The van der Waals surface area contributed by atoms with E-state index in [9.17, 15) is 0 Å². The van der Waals surface area contributed by atoms with Crippen LogP contribution in [0.4, 0.5) is 0 Å². The third-order valence-electron chi connectivity index (χ3n) is 3.57. The quantitative estimate of drug-likeness (QED) is 0.642. The summed E-state index contributed by atoms with van der Waals surface area (Å²) in [6.07, 6.45) is 2.16. The molecule has 2 bridgehead atoms. The number of fused-ring (bicyclic) bond motifs is 2. The molecule has 2 atom stereocenters. The van der Waals surface area contributed by atoms with Gasteiger partial charge in [0, 0.05) is 16.4 Å². The van der Waals surface area contributed by atoms with E-state index in [2.05, 4.69) is 4.90 Å². The Hall–Kier alpha value is 0.560. The summed E-state index contributed by atoms with van der Waals surface area (Å²) in [5.41, 5.74) is -2.14. The van der Waals surface area contributed by atoms with Crippen molar-refractivity contribution in [3.8, 4) is 0 Å². The van der Waals surface area contributed by atoms with Crippen molar-refractivity contribution in [2.45, 2.75) is 30.7 Å². The first-order valence-corrected chi connectivity index (χ1v) is 5.90. The number of thioether (sulfide) groups is 1. The van der Waals surface area contributed by atoms with Crippen LogP contribution in [0.15, 0.2) is 0 Å². The van der Waals surface area contributed by atoms with Crippen LogP contribution in [-0.4, -0.2) is 41.3 Å². The maximum atomic E-state index is 8.03. The van der Waals surface area contributed by atoms with Gasteiger partial charge in [-0.2, -0.15) is 0 Å². The van der Waals surface area contributed by atoms with Crippen molar-refractivity contribution < 1.29 is 10.2 Å². The van der Waals surface area contributed by atoms with Gasteiger partial charge in [0.05, 0.1) is 6.97 Å². The number of hydrogen-bond acceptors (Lipinski definition) is 3. The largest absolute Gasteiger partial charge is 0.359 e. The predicted molar refractivity (Wildman–Crippen MR) is 62.1 cm³/mol. The molecule has 4 rings (SSSR count). The number of halogens is 1. The Morgan fingerprint density at radius 2 is 2.36 bits per heavy atom. The molecule has 4 fully saturated rings. The molecule has 0 unspecified atom stereocenters. The standard InChI is InChI=1S/C10H17NOS.ClH/c1-8-12-10(7-13-8)6-11-4-2-9(10)3-5-11;/h8-9H,2-7H2,1H3;1H/t8-,10-;/m1./s1/i1D3,8D;. The predicted octanol–water partition coefficient (Wildman–Crippen LogP) is 1.98. The highest BCUT2D eigenvalue weighted by Crippen LogP contribution is 2.46. The van der Waals surface area contributed by atoms with Crippen molar-refractivity contribution in [1.82, 2.24) is 4.90 Å². The highest BCUT2D eigenvalue weighted by molar-refractivity contribution is 8.00. The van der Waals surface area contributed by atoms with Crippen molar-refractivity contribution in [2.24, 2.45) is 5.92 Å². The fourth-order valence-corrected chi connectivity index (χ4v) is 3.82. The maximum Gasteiger partial charge on any atom is 0.101 e. The van der Waals surface area contributed by atoms with Gasteiger partial charge in [0.25, 0.3) is 0 Å². The Bertz CT molecular complexity index is 336. The first kappa shape index (κ1) is 7.00. The number of rotatable bonds is 0. The lowest BCUT2D eigenvalue weighted by Crippen LogP contribution is -2.60. The number of piperidine rings is 3. The summed E-state index contributed by atoms with van der Waals surface area (Å²) in [7, 11) is 0. The third kappa shape index (κ3) is 1.58. The molecule has 0 saturated carbocycles. The molecule has 2 nitrogen and oxygen atoms in total. The molecule has 1 spiro atoms. The van der Waals surface area contributed by atoms with Crippen LogP contribution in [-0.2, 0) is 4.74 Å². The molecule has 4 heterocycles. The fourth-order valence-electron chi connectivity index (χ4n) is 2.84. The molecule has 4 heteroatoms. The SMILES string of the molecule is Cl.[2H]C([2H])([2H])[C@]1([2H])O[C@@]2(CS1)CN1CCC2CC1. The monoisotopic (exact) mass is 239 g/mol. The van der Waals surface area contributed by atoms with Gasteiger partial charge in [-0.15, -0.1) is 24.2 Å². The summed E-state index contributed by atoms with van der Waals surface area (Å²) < 4.78 is 36.2. The minimum absolute atomic E-state index is 0. The molecule has 4 aliphatic rings. The van der Waals surface area contributed by atoms with E-state index in [0.29, 0.717) is 11.7 Å². The molecule has 0 radical (unpaired) electrons. The Kier molecular flexibility index (Phi) is 1.93. The first-order valence-electron chi connectivity index (χ1n) is 6.91. The molecular weight excluding hydrogens is 218 g/mol. The van der Waals surface area contributed by atoms with Crippen LogP contribution in [0.2, 0.25) is 0 Å². The van der Waals surface area contributed by atoms with Gasteiger partial charge in [-0.05, 0) is 38.7 Å². The summed E-state index contributed by atoms with van der Waals surface area (Å²) in [6, 6.07) is 0. The van der Waals surface area contributed by atoms with Gasteiger partial charge in [-0.3, -0.25) is 0 Å². The van der Waals surface area contributed by atoms with Gasteiger partial charge >= 0.3 is 0 Å². The molecule has 0 N–H and O–H groups in total. The molecule has 0 amide bonds. The molecule has 0 aromatic heterocycles. The second kappa shape index (κ2) is 3.85.